The minimum atomic E-state index is 0.708. The van der Waals surface area contributed by atoms with E-state index in [2.05, 4.69) is 58.5 Å². The number of aliphatic imine (C=N–C) groups is 1. The highest BCUT2D eigenvalue weighted by Crippen LogP contribution is 2.15. The molecule has 0 radical (unpaired) electrons. The van der Waals surface area contributed by atoms with Gasteiger partial charge >= 0.3 is 0 Å². The molecule has 1 atom stereocenters. The third-order valence-electron chi connectivity index (χ3n) is 6.05. The molecule has 1 aromatic carbocycles. The summed E-state index contributed by atoms with van der Waals surface area (Å²) < 4.78 is 5.48. The van der Waals surface area contributed by atoms with Crippen LogP contribution in [0.15, 0.2) is 29.3 Å². The number of guanidine groups is 1. The van der Waals surface area contributed by atoms with E-state index < -0.39 is 0 Å². The van der Waals surface area contributed by atoms with Crippen molar-refractivity contribution < 1.29 is 4.74 Å². The number of piperidine rings is 1. The third-order valence-corrected chi connectivity index (χ3v) is 6.05. The smallest absolute Gasteiger partial charge is 0.191 e. The number of likely N-dealkylation sites (tertiary alicyclic amines) is 1. The van der Waals surface area contributed by atoms with E-state index in [-0.39, 0.29) is 0 Å². The first-order chi connectivity index (χ1) is 14.7. The zero-order valence-electron chi connectivity index (χ0n) is 19.0. The van der Waals surface area contributed by atoms with Crippen LogP contribution in [-0.2, 0) is 17.8 Å². The van der Waals surface area contributed by atoms with Crippen LogP contribution in [-0.4, -0.2) is 74.8 Å². The fourth-order valence-corrected chi connectivity index (χ4v) is 4.37. The molecule has 6 nitrogen and oxygen atoms in total. The maximum absolute atomic E-state index is 5.48. The Morgan fingerprint density at radius 1 is 1.10 bits per heavy atom. The molecule has 30 heavy (non-hydrogen) atoms. The lowest BCUT2D eigenvalue weighted by Crippen LogP contribution is -2.40. The van der Waals surface area contributed by atoms with Gasteiger partial charge in [0, 0.05) is 39.3 Å². The number of hydrogen-bond acceptors (Lipinski definition) is 4. The molecule has 2 N–H and O–H groups in total. The fourth-order valence-electron chi connectivity index (χ4n) is 4.37. The first-order valence-electron chi connectivity index (χ1n) is 11.9. The van der Waals surface area contributed by atoms with Gasteiger partial charge in [-0.15, -0.1) is 0 Å². The monoisotopic (exact) mass is 415 g/mol. The van der Waals surface area contributed by atoms with Gasteiger partial charge in [-0.1, -0.05) is 31.2 Å². The Morgan fingerprint density at radius 3 is 2.67 bits per heavy atom. The number of morpholine rings is 1. The van der Waals surface area contributed by atoms with Crippen LogP contribution in [0.2, 0.25) is 0 Å². The summed E-state index contributed by atoms with van der Waals surface area (Å²) in [4.78, 5) is 9.95. The van der Waals surface area contributed by atoms with Gasteiger partial charge in [0.05, 0.1) is 19.8 Å². The van der Waals surface area contributed by atoms with Crippen molar-refractivity contribution in [2.24, 2.45) is 10.9 Å². The van der Waals surface area contributed by atoms with E-state index in [1.807, 2.05) is 0 Å². The second-order valence-corrected chi connectivity index (χ2v) is 8.68. The number of nitrogens with zero attached hydrogens (tertiary/aromatic N) is 3. The molecule has 0 amide bonds. The highest BCUT2D eigenvalue weighted by molar-refractivity contribution is 5.79. The van der Waals surface area contributed by atoms with Gasteiger partial charge in [-0.2, -0.15) is 0 Å². The number of benzene rings is 1. The van der Waals surface area contributed by atoms with Crippen molar-refractivity contribution in [3.05, 3.63) is 35.4 Å². The zero-order chi connectivity index (χ0) is 21.0. The summed E-state index contributed by atoms with van der Waals surface area (Å²) in [5.74, 6) is 1.77. The second-order valence-electron chi connectivity index (χ2n) is 8.68. The quantitative estimate of drug-likeness (QED) is 0.369. The highest BCUT2D eigenvalue weighted by Gasteiger charge is 2.15. The molecule has 0 spiro atoms. The summed E-state index contributed by atoms with van der Waals surface area (Å²) >= 11 is 0. The molecule has 6 heteroatoms. The standard InChI is InChI=1S/C24H41N5O/c1-3-25-24(26-11-7-13-28-12-6-8-21(2)19-28)27-18-22-9-4-5-10-23(22)20-29-14-16-30-17-15-29/h4-5,9-10,21H,3,6-8,11-20H2,1-2H3,(H2,25,26,27). The van der Waals surface area contributed by atoms with Crippen LogP contribution >= 0.6 is 0 Å². The number of rotatable bonds is 9. The summed E-state index contributed by atoms with van der Waals surface area (Å²) in [5.41, 5.74) is 2.68. The zero-order valence-corrected chi connectivity index (χ0v) is 19.0. The molecule has 2 aliphatic heterocycles. The molecule has 2 saturated heterocycles. The Kier molecular flexibility index (Phi) is 9.93. The van der Waals surface area contributed by atoms with E-state index in [1.165, 1.54) is 43.6 Å². The fraction of sp³-hybridized carbons (Fsp3) is 0.708. The maximum atomic E-state index is 5.48. The average molecular weight is 416 g/mol. The molecule has 0 aliphatic carbocycles. The normalized spacial score (nSPS) is 21.5. The molecule has 1 aromatic rings. The van der Waals surface area contributed by atoms with Gasteiger partial charge in [-0.25, -0.2) is 4.99 Å². The molecule has 2 aliphatic rings. The van der Waals surface area contributed by atoms with Gasteiger partial charge in [0.15, 0.2) is 5.96 Å². The second kappa shape index (κ2) is 12.9. The summed E-state index contributed by atoms with van der Waals surface area (Å²) in [6, 6.07) is 8.70. The van der Waals surface area contributed by atoms with Crippen LogP contribution in [0.5, 0.6) is 0 Å². The summed E-state index contributed by atoms with van der Waals surface area (Å²) in [6.07, 6.45) is 3.90. The van der Waals surface area contributed by atoms with Crippen molar-refractivity contribution in [3.63, 3.8) is 0 Å². The predicted molar refractivity (Wildman–Crippen MR) is 125 cm³/mol. The minimum Gasteiger partial charge on any atom is -0.379 e. The molecule has 2 fully saturated rings. The third kappa shape index (κ3) is 7.89. The van der Waals surface area contributed by atoms with Crippen molar-refractivity contribution >= 4 is 5.96 Å². The Balaban J connectivity index is 1.47. The van der Waals surface area contributed by atoms with Gasteiger partial charge in [0.2, 0.25) is 0 Å². The molecule has 0 saturated carbocycles. The van der Waals surface area contributed by atoms with Crippen LogP contribution in [0.1, 0.15) is 44.2 Å². The molecule has 168 valence electrons. The van der Waals surface area contributed by atoms with Crippen molar-refractivity contribution in [3.8, 4) is 0 Å². The summed E-state index contributed by atoms with van der Waals surface area (Å²) in [7, 11) is 0. The van der Waals surface area contributed by atoms with Gasteiger partial charge in [-0.05, 0) is 56.3 Å². The van der Waals surface area contributed by atoms with Gasteiger partial charge < -0.3 is 20.3 Å². The molecule has 3 rings (SSSR count). The molecular weight excluding hydrogens is 374 g/mol. The SMILES string of the molecule is CCNC(=NCc1ccccc1CN1CCOCC1)NCCCN1CCCC(C)C1. The minimum absolute atomic E-state index is 0.708. The number of nitrogens with one attached hydrogen (secondary N) is 2. The van der Waals surface area contributed by atoms with E-state index in [9.17, 15) is 0 Å². The molecule has 0 aromatic heterocycles. The van der Waals surface area contributed by atoms with Crippen LogP contribution in [0.4, 0.5) is 0 Å². The topological polar surface area (TPSA) is 52.1 Å². The Bertz CT molecular complexity index is 644. The molecular formula is C24H41N5O. The summed E-state index contributed by atoms with van der Waals surface area (Å²) in [5, 5.41) is 6.93. The highest BCUT2D eigenvalue weighted by atomic mass is 16.5. The van der Waals surface area contributed by atoms with Gasteiger partial charge in [0.25, 0.3) is 0 Å². The number of ether oxygens (including phenoxy) is 1. The van der Waals surface area contributed by atoms with Crippen LogP contribution < -0.4 is 10.6 Å². The van der Waals surface area contributed by atoms with E-state index in [0.717, 1.165) is 64.2 Å². The number of hydrogen-bond donors (Lipinski definition) is 2. The van der Waals surface area contributed by atoms with E-state index in [4.69, 9.17) is 9.73 Å². The Hall–Kier alpha value is -1.63. The Morgan fingerprint density at radius 2 is 1.90 bits per heavy atom. The maximum Gasteiger partial charge on any atom is 0.191 e. The lowest BCUT2D eigenvalue weighted by Gasteiger charge is -2.30. The van der Waals surface area contributed by atoms with Crippen LogP contribution in [0, 0.1) is 5.92 Å². The molecule has 2 heterocycles. The first kappa shape index (κ1) is 23.0. The predicted octanol–water partition coefficient (Wildman–Crippen LogP) is 2.70. The van der Waals surface area contributed by atoms with Crippen LogP contribution in [0.25, 0.3) is 0 Å². The van der Waals surface area contributed by atoms with E-state index >= 15 is 0 Å². The average Bonchev–Trinajstić information content (AvgIpc) is 2.76. The van der Waals surface area contributed by atoms with Gasteiger partial charge in [0.1, 0.15) is 0 Å². The van der Waals surface area contributed by atoms with E-state index in [0.29, 0.717) is 6.54 Å². The lowest BCUT2D eigenvalue weighted by atomic mass is 10.0. The van der Waals surface area contributed by atoms with Crippen molar-refractivity contribution in [1.29, 1.82) is 0 Å². The van der Waals surface area contributed by atoms with Gasteiger partial charge in [-0.3, -0.25) is 4.90 Å². The van der Waals surface area contributed by atoms with E-state index in [1.54, 1.807) is 0 Å². The molecule has 0 bridgehead atoms. The lowest BCUT2D eigenvalue weighted by molar-refractivity contribution is 0.0341. The largest absolute Gasteiger partial charge is 0.379 e. The van der Waals surface area contributed by atoms with Crippen molar-refractivity contribution in [2.75, 3.05) is 59.0 Å². The Labute approximate surface area is 183 Å². The first-order valence-corrected chi connectivity index (χ1v) is 11.9. The van der Waals surface area contributed by atoms with Crippen molar-refractivity contribution in [2.45, 2.75) is 46.2 Å². The van der Waals surface area contributed by atoms with Crippen molar-refractivity contribution in [1.82, 2.24) is 20.4 Å². The molecule has 1 unspecified atom stereocenters. The summed E-state index contributed by atoms with van der Waals surface area (Å²) in [6.45, 7) is 15.4. The van der Waals surface area contributed by atoms with Crippen LogP contribution in [0.3, 0.4) is 0 Å².